The second-order valence-corrected chi connectivity index (χ2v) is 7.11. The maximum absolute atomic E-state index is 13.9. The van der Waals surface area contributed by atoms with Crippen LogP contribution in [0.3, 0.4) is 0 Å². The van der Waals surface area contributed by atoms with E-state index in [0.29, 0.717) is 75.7 Å². The Labute approximate surface area is 179 Å². The van der Waals surface area contributed by atoms with Crippen LogP contribution in [0.25, 0.3) is 10.9 Å². The van der Waals surface area contributed by atoms with Crippen molar-refractivity contribution in [2.45, 2.75) is 6.54 Å². The molecule has 3 rings (SSSR count). The maximum atomic E-state index is 13.9. The van der Waals surface area contributed by atoms with Gasteiger partial charge in [-0.3, -0.25) is 4.79 Å². The van der Waals surface area contributed by atoms with Crippen LogP contribution in [0.2, 0.25) is 0 Å². The van der Waals surface area contributed by atoms with E-state index in [0.717, 1.165) is 12.1 Å². The summed E-state index contributed by atoms with van der Waals surface area (Å²) in [6, 6.07) is 3.84. The summed E-state index contributed by atoms with van der Waals surface area (Å²) in [5.41, 5.74) is 0.848. The quantitative estimate of drug-likeness (QED) is 0.479. The Kier molecular flexibility index (Phi) is 9.16. The van der Waals surface area contributed by atoms with Gasteiger partial charge in [-0.15, -0.1) is 0 Å². The number of nitrogens with zero attached hydrogens (tertiary/aromatic N) is 2. The van der Waals surface area contributed by atoms with Gasteiger partial charge >= 0.3 is 0 Å². The number of piperazine rings is 1. The number of carbonyl (C=O) groups is 1. The first-order chi connectivity index (χ1) is 15.1. The number of nitrogens with one attached hydrogen (secondary N) is 1. The molecule has 0 atom stereocenters. The Balaban J connectivity index is 1.60. The highest BCUT2D eigenvalue weighted by Crippen LogP contribution is 2.24. The van der Waals surface area contributed by atoms with Crippen molar-refractivity contribution in [3.8, 4) is 0 Å². The Morgan fingerprint density at radius 2 is 1.55 bits per heavy atom. The minimum Gasteiger partial charge on any atom is -0.394 e. The minimum absolute atomic E-state index is 0.0210. The normalized spacial score (nSPS) is 14.5. The van der Waals surface area contributed by atoms with E-state index in [9.17, 15) is 13.6 Å². The summed E-state index contributed by atoms with van der Waals surface area (Å²) in [6.45, 7) is 4.98. The molecule has 2 N–H and O–H groups in total. The number of amides is 1. The van der Waals surface area contributed by atoms with E-state index in [4.69, 9.17) is 19.3 Å². The van der Waals surface area contributed by atoms with Crippen LogP contribution in [-0.2, 0) is 20.8 Å². The Morgan fingerprint density at radius 3 is 2.23 bits per heavy atom. The molecular weight excluding hydrogens is 412 g/mol. The van der Waals surface area contributed by atoms with E-state index in [2.05, 4.69) is 5.32 Å². The van der Waals surface area contributed by atoms with Gasteiger partial charge in [-0.1, -0.05) is 0 Å². The van der Waals surface area contributed by atoms with Crippen molar-refractivity contribution in [2.24, 2.45) is 0 Å². The molecule has 2 heterocycles. The van der Waals surface area contributed by atoms with Crippen LogP contribution in [-0.4, -0.2) is 92.9 Å². The van der Waals surface area contributed by atoms with Crippen LogP contribution in [0.4, 0.5) is 8.78 Å². The Bertz CT molecular complexity index is 855. The third-order valence-corrected chi connectivity index (χ3v) is 5.01. The lowest BCUT2D eigenvalue weighted by Crippen LogP contribution is -2.46. The van der Waals surface area contributed by atoms with E-state index < -0.39 is 11.6 Å². The van der Waals surface area contributed by atoms with E-state index in [1.165, 1.54) is 0 Å². The molecule has 0 spiro atoms. The molecule has 0 bridgehead atoms. The molecule has 1 amide bonds. The van der Waals surface area contributed by atoms with Crippen LogP contribution >= 0.6 is 0 Å². The largest absolute Gasteiger partial charge is 0.394 e. The third kappa shape index (κ3) is 6.44. The maximum Gasteiger partial charge on any atom is 0.270 e. The van der Waals surface area contributed by atoms with Crippen LogP contribution < -0.4 is 5.32 Å². The molecular formula is C21H29F2N3O5. The van der Waals surface area contributed by atoms with Crippen molar-refractivity contribution < 1.29 is 32.9 Å². The molecule has 1 saturated heterocycles. The van der Waals surface area contributed by atoms with Crippen molar-refractivity contribution in [3.63, 3.8) is 0 Å². The zero-order chi connectivity index (χ0) is 22.1. The summed E-state index contributed by atoms with van der Waals surface area (Å²) < 4.78 is 45.3. The first-order valence-electron chi connectivity index (χ1n) is 10.4. The van der Waals surface area contributed by atoms with Gasteiger partial charge < -0.3 is 34.1 Å². The first-order valence-corrected chi connectivity index (χ1v) is 10.4. The van der Waals surface area contributed by atoms with Gasteiger partial charge in [0.25, 0.3) is 5.91 Å². The average molecular weight is 441 g/mol. The molecule has 10 heteroatoms. The van der Waals surface area contributed by atoms with Crippen LogP contribution in [0.1, 0.15) is 10.5 Å². The minimum atomic E-state index is -0.953. The van der Waals surface area contributed by atoms with Crippen molar-refractivity contribution in [2.75, 3.05) is 72.4 Å². The molecule has 2 aromatic rings. The number of ether oxygens (including phenoxy) is 3. The molecule has 0 radical (unpaired) electrons. The molecule has 0 saturated carbocycles. The van der Waals surface area contributed by atoms with Crippen molar-refractivity contribution >= 4 is 16.8 Å². The molecule has 1 aliphatic heterocycles. The van der Waals surface area contributed by atoms with Crippen molar-refractivity contribution in [1.82, 2.24) is 14.8 Å². The zero-order valence-electron chi connectivity index (χ0n) is 17.4. The van der Waals surface area contributed by atoms with E-state index in [-0.39, 0.29) is 25.7 Å². The molecule has 1 aromatic heterocycles. The summed E-state index contributed by atoms with van der Waals surface area (Å²) in [5, 5.41) is 12.3. The average Bonchev–Trinajstić information content (AvgIpc) is 3.12. The highest BCUT2D eigenvalue weighted by molar-refractivity contribution is 5.99. The number of aromatic nitrogens is 1. The molecule has 8 nitrogen and oxygen atoms in total. The fourth-order valence-electron chi connectivity index (χ4n) is 3.47. The van der Waals surface area contributed by atoms with Gasteiger partial charge in [-0.2, -0.15) is 0 Å². The topological polar surface area (TPSA) is 85.2 Å². The second-order valence-electron chi connectivity index (χ2n) is 7.11. The van der Waals surface area contributed by atoms with Gasteiger partial charge in [0.05, 0.1) is 51.8 Å². The molecule has 0 unspecified atom stereocenters. The molecule has 172 valence electrons. The molecule has 31 heavy (non-hydrogen) atoms. The summed E-state index contributed by atoms with van der Waals surface area (Å²) in [6.07, 6.45) is 0. The smallest absolute Gasteiger partial charge is 0.270 e. The zero-order valence-corrected chi connectivity index (χ0v) is 17.4. The summed E-state index contributed by atoms with van der Waals surface area (Å²) in [7, 11) is 0. The fraction of sp³-hybridized carbons (Fsp3) is 0.571. The van der Waals surface area contributed by atoms with Gasteiger partial charge in [0, 0.05) is 44.2 Å². The lowest BCUT2D eigenvalue weighted by Gasteiger charge is -2.27. The number of rotatable bonds is 12. The number of carbonyl (C=O) groups excluding carboxylic acids is 1. The third-order valence-electron chi connectivity index (χ3n) is 5.01. The predicted octanol–water partition coefficient (Wildman–Crippen LogP) is 1.01. The molecule has 1 aromatic carbocycles. The van der Waals surface area contributed by atoms with Gasteiger partial charge in [-0.05, 0) is 12.1 Å². The van der Waals surface area contributed by atoms with Gasteiger partial charge in [0.2, 0.25) is 0 Å². The number of hydrogen-bond donors (Lipinski definition) is 2. The lowest BCUT2D eigenvalue weighted by atomic mass is 10.2. The predicted molar refractivity (Wildman–Crippen MR) is 110 cm³/mol. The van der Waals surface area contributed by atoms with Gasteiger partial charge in [0.15, 0.2) is 11.6 Å². The van der Waals surface area contributed by atoms with Crippen LogP contribution in [0, 0.1) is 11.6 Å². The second kappa shape index (κ2) is 12.1. The summed E-state index contributed by atoms with van der Waals surface area (Å²) in [5.74, 6) is -2.06. The SMILES string of the molecule is O=C(c1cc2cc(F)c(F)cc2n1CCOCCOCCOCCO)N1CCNCC1. The number of aliphatic hydroxyl groups is 1. The van der Waals surface area contributed by atoms with E-state index in [1.54, 1.807) is 15.5 Å². The first kappa shape index (κ1) is 23.6. The lowest BCUT2D eigenvalue weighted by molar-refractivity contribution is 0.00665. The number of aliphatic hydroxyl groups excluding tert-OH is 1. The molecule has 1 fully saturated rings. The fourth-order valence-corrected chi connectivity index (χ4v) is 3.47. The molecule has 1 aliphatic rings. The number of hydrogen-bond acceptors (Lipinski definition) is 6. The Hall–Kier alpha value is -2.11. The number of halogens is 2. The van der Waals surface area contributed by atoms with Gasteiger partial charge in [-0.25, -0.2) is 8.78 Å². The summed E-state index contributed by atoms with van der Waals surface area (Å²) >= 11 is 0. The van der Waals surface area contributed by atoms with Gasteiger partial charge in [0.1, 0.15) is 5.69 Å². The van der Waals surface area contributed by atoms with Crippen molar-refractivity contribution in [3.05, 3.63) is 35.5 Å². The monoisotopic (exact) mass is 441 g/mol. The molecule has 0 aliphatic carbocycles. The Morgan fingerprint density at radius 1 is 0.935 bits per heavy atom. The highest BCUT2D eigenvalue weighted by atomic mass is 19.2. The standard InChI is InChI=1S/C21H29F2N3O5/c22-17-13-16-14-20(21(28)25-3-1-24-2-4-25)26(19(16)15-18(17)23)5-7-29-9-11-31-12-10-30-8-6-27/h13-15,24,27H,1-12H2. The number of fused-ring (bicyclic) bond motifs is 1. The summed E-state index contributed by atoms with van der Waals surface area (Å²) in [4.78, 5) is 14.8. The van der Waals surface area contributed by atoms with E-state index >= 15 is 0 Å². The van der Waals surface area contributed by atoms with E-state index in [1.807, 2.05) is 0 Å². The highest BCUT2D eigenvalue weighted by Gasteiger charge is 2.23. The van der Waals surface area contributed by atoms with Crippen molar-refractivity contribution in [1.29, 1.82) is 0 Å². The van der Waals surface area contributed by atoms with Crippen LogP contribution in [0.15, 0.2) is 18.2 Å². The van der Waals surface area contributed by atoms with Crippen LogP contribution in [0.5, 0.6) is 0 Å². The number of benzene rings is 1.